The van der Waals surface area contributed by atoms with Crippen molar-refractivity contribution in [1.82, 2.24) is 5.43 Å². The Morgan fingerprint density at radius 2 is 2.26 bits per heavy atom. The number of nitrogens with one attached hydrogen (secondary N) is 2. The van der Waals surface area contributed by atoms with Gasteiger partial charge in [0.2, 0.25) is 5.91 Å². The number of hydrazone groups is 1. The molecule has 0 bridgehead atoms. The van der Waals surface area contributed by atoms with E-state index in [1.165, 1.54) is 12.1 Å². The van der Waals surface area contributed by atoms with Gasteiger partial charge in [-0.3, -0.25) is 9.59 Å². The lowest BCUT2D eigenvalue weighted by atomic mass is 10.1. The second kappa shape index (κ2) is 5.50. The molecule has 96 valence electrons. The quantitative estimate of drug-likeness (QED) is 0.855. The lowest BCUT2D eigenvalue weighted by Gasteiger charge is -2.12. The van der Waals surface area contributed by atoms with E-state index in [4.69, 9.17) is 16.9 Å². The summed E-state index contributed by atoms with van der Waals surface area (Å²) in [5.74, 6) is -0.668. The summed E-state index contributed by atoms with van der Waals surface area (Å²) in [5.41, 5.74) is 3.19. The predicted molar refractivity (Wildman–Crippen MR) is 69.6 cm³/mol. The molecule has 0 aromatic heterocycles. The van der Waals surface area contributed by atoms with Crippen LogP contribution in [0.4, 0.5) is 5.69 Å². The van der Waals surface area contributed by atoms with Gasteiger partial charge in [-0.25, -0.2) is 5.43 Å². The van der Waals surface area contributed by atoms with Crippen LogP contribution in [0.5, 0.6) is 0 Å². The molecule has 0 spiro atoms. The van der Waals surface area contributed by atoms with Crippen LogP contribution in [-0.2, 0) is 9.59 Å². The number of nitriles is 1. The van der Waals surface area contributed by atoms with Crippen molar-refractivity contribution < 1.29 is 9.59 Å². The molecule has 1 aliphatic rings. The van der Waals surface area contributed by atoms with Crippen molar-refractivity contribution in [1.29, 1.82) is 5.26 Å². The molecule has 0 atom stereocenters. The summed E-state index contributed by atoms with van der Waals surface area (Å²) in [5, 5.41) is 15.4. The van der Waals surface area contributed by atoms with Gasteiger partial charge in [-0.05, 0) is 18.2 Å². The Labute approximate surface area is 114 Å². The van der Waals surface area contributed by atoms with E-state index in [1.807, 2.05) is 6.07 Å². The van der Waals surface area contributed by atoms with Gasteiger partial charge in [-0.15, -0.1) is 0 Å². The van der Waals surface area contributed by atoms with Gasteiger partial charge >= 0.3 is 0 Å². The maximum atomic E-state index is 11.9. The SMILES string of the molecule is N#Cc1ccc(Cl)c(NC(=O)C2=NNC(=O)CC2)c1. The Morgan fingerprint density at radius 3 is 2.89 bits per heavy atom. The fourth-order valence-corrected chi connectivity index (χ4v) is 1.69. The van der Waals surface area contributed by atoms with Crippen LogP contribution in [0.2, 0.25) is 5.02 Å². The highest BCUT2D eigenvalue weighted by molar-refractivity contribution is 6.44. The molecule has 0 radical (unpaired) electrons. The minimum Gasteiger partial charge on any atom is -0.319 e. The first-order chi connectivity index (χ1) is 9.10. The van der Waals surface area contributed by atoms with Crippen LogP contribution in [0.25, 0.3) is 0 Å². The Morgan fingerprint density at radius 1 is 1.47 bits per heavy atom. The fourth-order valence-electron chi connectivity index (χ4n) is 1.52. The van der Waals surface area contributed by atoms with Crippen LogP contribution in [0, 0.1) is 11.3 Å². The van der Waals surface area contributed by atoms with Crippen molar-refractivity contribution in [3.05, 3.63) is 28.8 Å². The summed E-state index contributed by atoms with van der Waals surface area (Å²) < 4.78 is 0. The maximum absolute atomic E-state index is 11.9. The van der Waals surface area contributed by atoms with Gasteiger partial charge in [0.05, 0.1) is 22.3 Å². The number of rotatable bonds is 2. The molecule has 1 heterocycles. The number of hydrogen-bond acceptors (Lipinski definition) is 4. The van der Waals surface area contributed by atoms with E-state index in [2.05, 4.69) is 15.8 Å². The minimum absolute atomic E-state index is 0.220. The summed E-state index contributed by atoms with van der Waals surface area (Å²) in [6.07, 6.45) is 0.492. The van der Waals surface area contributed by atoms with Gasteiger partial charge in [0, 0.05) is 12.8 Å². The molecule has 1 aromatic carbocycles. The van der Waals surface area contributed by atoms with Crippen molar-refractivity contribution >= 4 is 34.8 Å². The summed E-state index contributed by atoms with van der Waals surface area (Å²) in [6, 6.07) is 6.51. The van der Waals surface area contributed by atoms with Crippen molar-refractivity contribution in [2.75, 3.05) is 5.32 Å². The van der Waals surface area contributed by atoms with Gasteiger partial charge in [0.1, 0.15) is 5.71 Å². The first-order valence-corrected chi connectivity index (χ1v) is 5.84. The van der Waals surface area contributed by atoms with Crippen LogP contribution in [0.3, 0.4) is 0 Å². The number of anilines is 1. The van der Waals surface area contributed by atoms with E-state index in [1.54, 1.807) is 6.07 Å². The lowest BCUT2D eigenvalue weighted by molar-refractivity contribution is -0.121. The summed E-state index contributed by atoms with van der Waals surface area (Å²) in [4.78, 5) is 22.8. The average Bonchev–Trinajstić information content (AvgIpc) is 2.42. The number of nitrogens with zero attached hydrogens (tertiary/aromatic N) is 2. The zero-order chi connectivity index (χ0) is 13.8. The third-order valence-corrected chi connectivity index (χ3v) is 2.84. The molecule has 0 aliphatic carbocycles. The number of amides is 2. The molecule has 2 rings (SSSR count). The second-order valence-corrected chi connectivity index (χ2v) is 4.26. The summed E-state index contributed by atoms with van der Waals surface area (Å²) >= 11 is 5.93. The standard InChI is InChI=1S/C12H9ClN4O2/c13-8-2-1-7(6-14)5-10(8)15-12(19)9-3-4-11(18)17-16-9/h1-2,5H,3-4H2,(H,15,19)(H,17,18). The predicted octanol–water partition coefficient (Wildman–Crippen LogP) is 1.42. The van der Waals surface area contributed by atoms with E-state index in [0.29, 0.717) is 16.3 Å². The molecule has 1 aromatic rings. The molecule has 0 fully saturated rings. The second-order valence-electron chi connectivity index (χ2n) is 3.85. The van der Waals surface area contributed by atoms with E-state index >= 15 is 0 Å². The van der Waals surface area contributed by atoms with Gasteiger partial charge in [0.25, 0.3) is 5.91 Å². The molecule has 7 heteroatoms. The zero-order valence-corrected chi connectivity index (χ0v) is 10.5. The van der Waals surface area contributed by atoms with Crippen molar-refractivity contribution in [2.24, 2.45) is 5.10 Å². The Balaban J connectivity index is 2.15. The fraction of sp³-hybridized carbons (Fsp3) is 0.167. The first kappa shape index (κ1) is 13.1. The van der Waals surface area contributed by atoms with E-state index in [-0.39, 0.29) is 24.5 Å². The van der Waals surface area contributed by atoms with Gasteiger partial charge in [-0.2, -0.15) is 10.4 Å². The van der Waals surface area contributed by atoms with E-state index in [0.717, 1.165) is 0 Å². The highest BCUT2D eigenvalue weighted by atomic mass is 35.5. The normalized spacial score (nSPS) is 14.1. The number of halogens is 1. The van der Waals surface area contributed by atoms with Gasteiger partial charge in [0.15, 0.2) is 0 Å². The molecule has 0 saturated heterocycles. The highest BCUT2D eigenvalue weighted by Crippen LogP contribution is 2.23. The minimum atomic E-state index is -0.447. The van der Waals surface area contributed by atoms with Gasteiger partial charge in [-0.1, -0.05) is 11.6 Å². The Hall–Kier alpha value is -2.39. The molecular formula is C12H9ClN4O2. The highest BCUT2D eigenvalue weighted by Gasteiger charge is 2.19. The molecule has 2 N–H and O–H groups in total. The molecule has 6 nitrogen and oxygen atoms in total. The molecule has 19 heavy (non-hydrogen) atoms. The van der Waals surface area contributed by atoms with Crippen LogP contribution in [0.1, 0.15) is 18.4 Å². The smallest absolute Gasteiger partial charge is 0.271 e. The van der Waals surface area contributed by atoms with Crippen molar-refractivity contribution in [3.63, 3.8) is 0 Å². The number of benzene rings is 1. The first-order valence-electron chi connectivity index (χ1n) is 5.46. The van der Waals surface area contributed by atoms with Crippen molar-refractivity contribution in [3.8, 4) is 6.07 Å². The van der Waals surface area contributed by atoms with Crippen LogP contribution in [0.15, 0.2) is 23.3 Å². The summed E-state index contributed by atoms with van der Waals surface area (Å²) in [6.45, 7) is 0. The largest absolute Gasteiger partial charge is 0.319 e. The third-order valence-electron chi connectivity index (χ3n) is 2.51. The topological polar surface area (TPSA) is 94.3 Å². The number of hydrogen-bond donors (Lipinski definition) is 2. The number of carbonyl (C=O) groups is 2. The monoisotopic (exact) mass is 276 g/mol. The van der Waals surface area contributed by atoms with Crippen LogP contribution < -0.4 is 10.7 Å². The van der Waals surface area contributed by atoms with Crippen molar-refractivity contribution in [2.45, 2.75) is 12.8 Å². The molecular weight excluding hydrogens is 268 g/mol. The van der Waals surface area contributed by atoms with Crippen LogP contribution in [-0.4, -0.2) is 17.5 Å². The summed E-state index contributed by atoms with van der Waals surface area (Å²) in [7, 11) is 0. The average molecular weight is 277 g/mol. The lowest BCUT2D eigenvalue weighted by Crippen LogP contribution is -2.32. The Bertz CT molecular complexity index is 619. The van der Waals surface area contributed by atoms with Gasteiger partial charge < -0.3 is 5.32 Å². The van der Waals surface area contributed by atoms with E-state index < -0.39 is 5.91 Å². The van der Waals surface area contributed by atoms with Crippen LogP contribution >= 0.6 is 11.6 Å². The Kier molecular flexibility index (Phi) is 3.78. The molecule has 2 amide bonds. The zero-order valence-electron chi connectivity index (χ0n) is 9.74. The maximum Gasteiger partial charge on any atom is 0.271 e. The van der Waals surface area contributed by atoms with E-state index in [9.17, 15) is 9.59 Å². The molecule has 0 unspecified atom stereocenters. The number of carbonyl (C=O) groups excluding carboxylic acids is 2. The molecule has 0 saturated carbocycles. The third kappa shape index (κ3) is 3.09. The molecule has 1 aliphatic heterocycles.